The van der Waals surface area contributed by atoms with Gasteiger partial charge in [0.05, 0.1) is 4.92 Å². The average molecular weight is 280 g/mol. The zero-order valence-electron chi connectivity index (χ0n) is 10.3. The Bertz CT molecular complexity index is 574. The normalized spacial score (nSPS) is 18.2. The van der Waals surface area contributed by atoms with Crippen molar-refractivity contribution in [2.75, 3.05) is 11.9 Å². The summed E-state index contributed by atoms with van der Waals surface area (Å²) >= 11 is 0. The Balaban J connectivity index is 2.25. The summed E-state index contributed by atoms with van der Waals surface area (Å²) < 4.78 is 0. The molecule has 0 spiro atoms. The lowest BCUT2D eigenvalue weighted by molar-refractivity contribution is -0.385. The molecule has 106 valence electrons. The minimum Gasteiger partial charge on any atom is -0.477 e. The van der Waals surface area contributed by atoms with Crippen molar-refractivity contribution in [2.24, 2.45) is 0 Å². The van der Waals surface area contributed by atoms with Crippen molar-refractivity contribution in [2.45, 2.75) is 18.9 Å². The number of hydrogen-bond acceptors (Lipinski definition) is 6. The Morgan fingerprint density at radius 1 is 1.60 bits per heavy atom. The van der Waals surface area contributed by atoms with Crippen LogP contribution in [0.1, 0.15) is 23.2 Å². The van der Waals surface area contributed by atoms with Gasteiger partial charge in [-0.3, -0.25) is 14.9 Å². The first-order valence-electron chi connectivity index (χ1n) is 5.91. The van der Waals surface area contributed by atoms with Crippen molar-refractivity contribution < 1.29 is 19.6 Å². The van der Waals surface area contributed by atoms with Gasteiger partial charge in [0.2, 0.25) is 5.91 Å². The number of piperidine rings is 1. The number of carboxylic acid groups (broad SMARTS) is 1. The monoisotopic (exact) mass is 280 g/mol. The molecule has 1 amide bonds. The number of aromatic nitrogens is 1. The van der Waals surface area contributed by atoms with E-state index in [0.717, 1.165) is 18.7 Å². The number of pyridine rings is 1. The second-order valence-electron chi connectivity index (χ2n) is 4.28. The first kappa shape index (κ1) is 13.7. The molecule has 9 heteroatoms. The Kier molecular flexibility index (Phi) is 3.78. The number of aromatic carboxylic acids is 1. The molecule has 0 aromatic carbocycles. The third-order valence-corrected chi connectivity index (χ3v) is 2.92. The molecule has 0 bridgehead atoms. The Morgan fingerprint density at radius 3 is 2.95 bits per heavy atom. The van der Waals surface area contributed by atoms with E-state index in [1.165, 1.54) is 0 Å². The minimum absolute atomic E-state index is 0.120. The van der Waals surface area contributed by atoms with Crippen LogP contribution in [0.4, 0.5) is 11.5 Å². The predicted molar refractivity (Wildman–Crippen MR) is 67.5 cm³/mol. The average Bonchev–Trinajstić information content (AvgIpc) is 2.41. The number of nitro groups is 1. The van der Waals surface area contributed by atoms with Gasteiger partial charge in [-0.15, -0.1) is 0 Å². The quantitative estimate of drug-likeness (QED) is 0.536. The summed E-state index contributed by atoms with van der Waals surface area (Å²) in [5, 5.41) is 25.1. The SMILES string of the molecule is O=C(O)c1cc(NC2CCCNC2=O)ncc1[N+](=O)[O-]. The summed E-state index contributed by atoms with van der Waals surface area (Å²) in [6, 6.07) is 0.543. The van der Waals surface area contributed by atoms with Gasteiger partial charge in [-0.1, -0.05) is 0 Å². The number of nitrogens with zero attached hydrogens (tertiary/aromatic N) is 2. The summed E-state index contributed by atoms with van der Waals surface area (Å²) in [7, 11) is 0. The highest BCUT2D eigenvalue weighted by molar-refractivity contribution is 5.93. The fourth-order valence-electron chi connectivity index (χ4n) is 1.93. The molecule has 9 nitrogen and oxygen atoms in total. The maximum atomic E-state index is 11.6. The number of rotatable bonds is 4. The van der Waals surface area contributed by atoms with Crippen molar-refractivity contribution in [3.05, 3.63) is 27.9 Å². The summed E-state index contributed by atoms with van der Waals surface area (Å²) in [5.74, 6) is -1.50. The molecule has 2 rings (SSSR count). The van der Waals surface area contributed by atoms with E-state index in [9.17, 15) is 19.7 Å². The van der Waals surface area contributed by atoms with Crippen LogP contribution in [0, 0.1) is 10.1 Å². The van der Waals surface area contributed by atoms with Crippen LogP contribution in [0.5, 0.6) is 0 Å². The van der Waals surface area contributed by atoms with Crippen LogP contribution in [0.3, 0.4) is 0 Å². The van der Waals surface area contributed by atoms with Crippen molar-refractivity contribution in [1.82, 2.24) is 10.3 Å². The van der Waals surface area contributed by atoms with Crippen LogP contribution in [0.2, 0.25) is 0 Å². The lowest BCUT2D eigenvalue weighted by atomic mass is 10.1. The Labute approximate surface area is 113 Å². The molecule has 0 saturated carbocycles. The van der Waals surface area contributed by atoms with Gasteiger partial charge >= 0.3 is 11.7 Å². The highest BCUT2D eigenvalue weighted by atomic mass is 16.6. The van der Waals surface area contributed by atoms with E-state index in [0.29, 0.717) is 13.0 Å². The van der Waals surface area contributed by atoms with Gasteiger partial charge in [-0.05, 0) is 12.8 Å². The number of carbonyl (C=O) groups is 2. The highest BCUT2D eigenvalue weighted by Crippen LogP contribution is 2.21. The van der Waals surface area contributed by atoms with Crippen molar-refractivity contribution >= 4 is 23.4 Å². The third-order valence-electron chi connectivity index (χ3n) is 2.92. The predicted octanol–water partition coefficient (Wildman–Crippen LogP) is 0.379. The molecule has 1 saturated heterocycles. The molecule has 1 aromatic rings. The molecular formula is C11H12N4O5. The van der Waals surface area contributed by atoms with Gasteiger partial charge < -0.3 is 15.7 Å². The number of hydrogen-bond donors (Lipinski definition) is 3. The number of nitrogens with one attached hydrogen (secondary N) is 2. The van der Waals surface area contributed by atoms with Crippen molar-refractivity contribution in [3.8, 4) is 0 Å². The van der Waals surface area contributed by atoms with Crippen molar-refractivity contribution in [3.63, 3.8) is 0 Å². The zero-order chi connectivity index (χ0) is 14.7. The molecule has 1 unspecified atom stereocenters. The van der Waals surface area contributed by atoms with E-state index >= 15 is 0 Å². The molecule has 20 heavy (non-hydrogen) atoms. The lowest BCUT2D eigenvalue weighted by Crippen LogP contribution is -2.44. The largest absolute Gasteiger partial charge is 0.477 e. The van der Waals surface area contributed by atoms with Gasteiger partial charge in [-0.2, -0.15) is 0 Å². The Morgan fingerprint density at radius 2 is 2.35 bits per heavy atom. The smallest absolute Gasteiger partial charge is 0.342 e. The van der Waals surface area contributed by atoms with Crippen LogP contribution in [-0.4, -0.2) is 39.5 Å². The standard InChI is InChI=1S/C11H12N4O5/c16-10-7(2-1-3-12-10)14-9-4-6(11(17)18)8(5-13-9)15(19)20/h4-5,7H,1-3H2,(H,12,16)(H,13,14)(H,17,18). The third kappa shape index (κ3) is 2.82. The van der Waals surface area contributed by atoms with Crippen LogP contribution < -0.4 is 10.6 Å². The first-order chi connectivity index (χ1) is 9.49. The van der Waals surface area contributed by atoms with E-state index in [-0.39, 0.29) is 11.7 Å². The number of carboxylic acids is 1. The topological polar surface area (TPSA) is 134 Å². The molecule has 1 aliphatic heterocycles. The minimum atomic E-state index is -1.42. The van der Waals surface area contributed by atoms with E-state index in [4.69, 9.17) is 5.11 Å². The molecule has 3 N–H and O–H groups in total. The van der Waals surface area contributed by atoms with Gasteiger partial charge in [0.1, 0.15) is 23.6 Å². The lowest BCUT2D eigenvalue weighted by Gasteiger charge is -2.23. The maximum absolute atomic E-state index is 11.6. The number of anilines is 1. The number of amides is 1. The fraction of sp³-hybridized carbons (Fsp3) is 0.364. The van der Waals surface area contributed by atoms with Crippen molar-refractivity contribution in [1.29, 1.82) is 0 Å². The second kappa shape index (κ2) is 5.51. The van der Waals surface area contributed by atoms with Gasteiger partial charge in [0.15, 0.2) is 0 Å². The summed E-state index contributed by atoms with van der Waals surface area (Å²) in [6.07, 6.45) is 2.25. The van der Waals surface area contributed by atoms with Crippen LogP contribution in [0.25, 0.3) is 0 Å². The fourth-order valence-corrected chi connectivity index (χ4v) is 1.93. The molecule has 1 aliphatic rings. The maximum Gasteiger partial charge on any atom is 0.342 e. The van der Waals surface area contributed by atoms with E-state index in [2.05, 4.69) is 15.6 Å². The highest BCUT2D eigenvalue weighted by Gasteiger charge is 2.25. The van der Waals surface area contributed by atoms with Crippen LogP contribution in [0.15, 0.2) is 12.3 Å². The first-order valence-corrected chi connectivity index (χ1v) is 5.91. The van der Waals surface area contributed by atoms with Gasteiger partial charge in [0, 0.05) is 12.6 Å². The molecule has 2 heterocycles. The number of carbonyl (C=O) groups excluding carboxylic acids is 1. The summed E-state index contributed by atoms with van der Waals surface area (Å²) in [4.78, 5) is 36.2. The Hall–Kier alpha value is -2.71. The molecule has 0 radical (unpaired) electrons. The van der Waals surface area contributed by atoms with Gasteiger partial charge in [-0.25, -0.2) is 9.78 Å². The molecule has 1 aromatic heterocycles. The molecule has 1 fully saturated rings. The van der Waals surface area contributed by atoms with E-state index < -0.39 is 28.2 Å². The van der Waals surface area contributed by atoms with E-state index in [1.54, 1.807) is 0 Å². The van der Waals surface area contributed by atoms with E-state index in [1.807, 2.05) is 0 Å². The summed E-state index contributed by atoms with van der Waals surface area (Å²) in [5.41, 5.74) is -1.06. The van der Waals surface area contributed by atoms with Crippen LogP contribution in [-0.2, 0) is 4.79 Å². The van der Waals surface area contributed by atoms with Crippen LogP contribution >= 0.6 is 0 Å². The van der Waals surface area contributed by atoms with Gasteiger partial charge in [0.25, 0.3) is 0 Å². The second-order valence-corrected chi connectivity index (χ2v) is 4.28. The molecule has 1 atom stereocenters. The summed E-state index contributed by atoms with van der Waals surface area (Å²) in [6.45, 7) is 0.602. The zero-order valence-corrected chi connectivity index (χ0v) is 10.3. The molecular weight excluding hydrogens is 268 g/mol. The molecule has 0 aliphatic carbocycles.